The van der Waals surface area contributed by atoms with E-state index in [1.807, 2.05) is 13.8 Å². The van der Waals surface area contributed by atoms with Gasteiger partial charge < -0.3 is 25.6 Å². The number of alkyl halides is 3. The van der Waals surface area contributed by atoms with Gasteiger partial charge in [0.1, 0.15) is 18.1 Å². The topological polar surface area (TPSA) is 141 Å². The van der Waals surface area contributed by atoms with Gasteiger partial charge in [-0.15, -0.1) is 0 Å². The molecule has 5 rings (SSSR count). The molecule has 2 saturated carbocycles. The van der Waals surface area contributed by atoms with Gasteiger partial charge in [-0.05, 0) is 55.4 Å². The van der Waals surface area contributed by atoms with Gasteiger partial charge >= 0.3 is 12.3 Å². The Morgan fingerprint density at radius 1 is 1.15 bits per heavy atom. The van der Waals surface area contributed by atoms with Gasteiger partial charge in [-0.2, -0.15) is 18.4 Å². The van der Waals surface area contributed by atoms with Crippen LogP contribution in [0.5, 0.6) is 0 Å². The third-order valence-electron chi connectivity index (χ3n) is 9.47. The summed E-state index contributed by atoms with van der Waals surface area (Å²) in [6.45, 7) is 4.30. The molecule has 3 heterocycles. The van der Waals surface area contributed by atoms with Crippen LogP contribution in [-0.4, -0.2) is 65.2 Å². The maximum Gasteiger partial charge on any atom is 0.428 e. The quantitative estimate of drug-likeness (QED) is 0.470. The number of carbonyl (C=O) groups is 4. The Morgan fingerprint density at radius 2 is 1.85 bits per heavy atom. The maximum atomic E-state index is 13.8. The number of nitriles is 1. The molecule has 218 valence electrons. The molecule has 10 nitrogen and oxygen atoms in total. The molecule has 0 spiro atoms. The predicted molar refractivity (Wildman–Crippen MR) is 133 cm³/mol. The first-order valence-electron chi connectivity index (χ1n) is 13.9. The number of fused-ring (bicyclic) bond motifs is 4. The number of ether oxygens (including phenoxy) is 1. The number of rotatable bonds is 2. The lowest BCUT2D eigenvalue weighted by molar-refractivity contribution is -0.284. The number of alkyl carbamates (subject to hydrolysis) is 1. The minimum absolute atomic E-state index is 0.0702. The van der Waals surface area contributed by atoms with E-state index < -0.39 is 53.7 Å². The number of amides is 4. The number of hydrogen-bond donors (Lipinski definition) is 3. The second-order valence-electron chi connectivity index (χ2n) is 12.2. The second kappa shape index (κ2) is 9.96. The smallest absolute Gasteiger partial charge is 0.428 e. The SMILES string of the molecule is CC1(C)C2=CN3C(=O)[C@@H](NC(=O)OC4(C(F)(F)F)CCC4)CCCC[C@H]4CNC(=O)[C@H]4C[C@@H](C#N)NC(=O)[C@@H]3[C@H]21. The van der Waals surface area contributed by atoms with Crippen molar-refractivity contribution in [3.63, 3.8) is 0 Å². The fraction of sp³-hybridized carbons (Fsp3) is 0.741. The van der Waals surface area contributed by atoms with E-state index >= 15 is 0 Å². The molecule has 4 amide bonds. The highest BCUT2D eigenvalue weighted by molar-refractivity contribution is 5.95. The Bertz CT molecular complexity index is 1170. The molecule has 2 aliphatic carbocycles. The van der Waals surface area contributed by atoms with Crippen LogP contribution in [0.2, 0.25) is 0 Å². The van der Waals surface area contributed by atoms with Crippen molar-refractivity contribution in [2.24, 2.45) is 23.2 Å². The molecule has 0 radical (unpaired) electrons. The van der Waals surface area contributed by atoms with Crippen molar-refractivity contribution in [3.8, 4) is 6.07 Å². The van der Waals surface area contributed by atoms with Crippen molar-refractivity contribution in [2.45, 2.75) is 95.1 Å². The van der Waals surface area contributed by atoms with Crippen LogP contribution in [0.25, 0.3) is 0 Å². The highest BCUT2D eigenvalue weighted by Gasteiger charge is 2.65. The van der Waals surface area contributed by atoms with Crippen LogP contribution < -0.4 is 16.0 Å². The zero-order chi connectivity index (χ0) is 29.0. The predicted octanol–water partition coefficient (Wildman–Crippen LogP) is 2.65. The molecule has 0 aromatic heterocycles. The Hall–Kier alpha value is -3.30. The van der Waals surface area contributed by atoms with Gasteiger partial charge in [-0.1, -0.05) is 26.7 Å². The molecule has 6 atom stereocenters. The summed E-state index contributed by atoms with van der Waals surface area (Å²) in [5, 5.41) is 17.7. The van der Waals surface area contributed by atoms with E-state index in [4.69, 9.17) is 4.74 Å². The molecule has 5 aliphatic rings. The van der Waals surface area contributed by atoms with Crippen LogP contribution in [0.4, 0.5) is 18.0 Å². The lowest BCUT2D eigenvalue weighted by atomic mass is 9.79. The van der Waals surface area contributed by atoms with Crippen LogP contribution in [-0.2, 0) is 19.1 Å². The van der Waals surface area contributed by atoms with Crippen molar-refractivity contribution in [2.75, 3.05) is 6.54 Å². The fourth-order valence-corrected chi connectivity index (χ4v) is 6.76. The molecule has 4 fully saturated rings. The number of hydrogen-bond acceptors (Lipinski definition) is 6. The van der Waals surface area contributed by atoms with Crippen LogP contribution in [0.1, 0.15) is 65.2 Å². The van der Waals surface area contributed by atoms with Crippen molar-refractivity contribution in [1.82, 2.24) is 20.9 Å². The number of nitrogens with one attached hydrogen (secondary N) is 3. The lowest BCUT2D eigenvalue weighted by Gasteiger charge is -2.42. The molecule has 13 heteroatoms. The largest absolute Gasteiger partial charge is 0.433 e. The summed E-state index contributed by atoms with van der Waals surface area (Å²) in [6, 6.07) is -1.09. The van der Waals surface area contributed by atoms with E-state index in [-0.39, 0.29) is 55.3 Å². The third-order valence-corrected chi connectivity index (χ3v) is 9.47. The van der Waals surface area contributed by atoms with Crippen LogP contribution in [0.3, 0.4) is 0 Å². The summed E-state index contributed by atoms with van der Waals surface area (Å²) >= 11 is 0. The van der Waals surface area contributed by atoms with Crippen LogP contribution in [0.15, 0.2) is 11.8 Å². The van der Waals surface area contributed by atoms with E-state index in [0.717, 1.165) is 5.57 Å². The Kier molecular flexibility index (Phi) is 7.03. The summed E-state index contributed by atoms with van der Waals surface area (Å²) in [5.74, 6) is -2.18. The summed E-state index contributed by atoms with van der Waals surface area (Å²) in [4.78, 5) is 53.7. The monoisotopic (exact) mass is 565 g/mol. The first kappa shape index (κ1) is 28.2. The Labute approximate surface area is 230 Å². The number of halogens is 3. The van der Waals surface area contributed by atoms with Gasteiger partial charge in [-0.25, -0.2) is 4.79 Å². The van der Waals surface area contributed by atoms with Crippen molar-refractivity contribution < 1.29 is 37.1 Å². The van der Waals surface area contributed by atoms with Gasteiger partial charge in [0.25, 0.3) is 0 Å². The van der Waals surface area contributed by atoms with Gasteiger partial charge in [0.05, 0.1) is 6.07 Å². The van der Waals surface area contributed by atoms with E-state index in [0.29, 0.717) is 25.8 Å². The van der Waals surface area contributed by atoms with E-state index in [1.54, 1.807) is 6.20 Å². The van der Waals surface area contributed by atoms with Gasteiger partial charge in [0.15, 0.2) is 0 Å². The molecule has 2 saturated heterocycles. The molecular formula is C27H34F3N5O5. The minimum Gasteiger partial charge on any atom is -0.433 e. The summed E-state index contributed by atoms with van der Waals surface area (Å²) in [7, 11) is 0. The average molecular weight is 566 g/mol. The zero-order valence-corrected chi connectivity index (χ0v) is 22.5. The standard InChI is InChI=1S/C27H34F3N5O5/c1-25(2)17-13-35-20(19(17)25)22(37)33-15(11-31)10-16-14(12-32-21(16)36)6-3-4-7-18(23(35)38)34-24(39)40-26(8-5-9-26)27(28,29)30/h13-16,18-20H,3-10,12H2,1-2H3,(H,32,36)(H,33,37)(H,34,39)/t14-,15-,16-,18-,19-,20-/m0/s1. The Morgan fingerprint density at radius 3 is 2.48 bits per heavy atom. The number of nitrogens with zero attached hydrogens (tertiary/aromatic N) is 2. The van der Waals surface area contributed by atoms with Gasteiger partial charge in [-0.3, -0.25) is 14.4 Å². The summed E-state index contributed by atoms with van der Waals surface area (Å²) < 4.78 is 45.7. The average Bonchev–Trinajstić information content (AvgIpc) is 3.17. The highest BCUT2D eigenvalue weighted by Crippen LogP contribution is 2.64. The molecule has 0 bridgehead atoms. The first-order chi connectivity index (χ1) is 18.8. The molecule has 0 aromatic rings. The van der Waals surface area contributed by atoms with Crippen molar-refractivity contribution in [1.29, 1.82) is 5.26 Å². The molecule has 3 N–H and O–H groups in total. The van der Waals surface area contributed by atoms with Crippen molar-refractivity contribution >= 4 is 23.8 Å². The summed E-state index contributed by atoms with van der Waals surface area (Å²) in [6.07, 6.45) is -2.98. The van der Waals surface area contributed by atoms with E-state index in [2.05, 4.69) is 22.0 Å². The maximum absolute atomic E-state index is 13.8. The highest BCUT2D eigenvalue weighted by atomic mass is 19.4. The Balaban J connectivity index is 1.40. The molecule has 40 heavy (non-hydrogen) atoms. The zero-order valence-electron chi connectivity index (χ0n) is 22.5. The lowest BCUT2D eigenvalue weighted by Crippen LogP contribution is -2.58. The number of carbonyl (C=O) groups excluding carboxylic acids is 4. The van der Waals surface area contributed by atoms with E-state index in [1.165, 1.54) is 4.90 Å². The van der Waals surface area contributed by atoms with Crippen LogP contribution >= 0.6 is 0 Å². The molecule has 0 aromatic carbocycles. The normalized spacial score (nSPS) is 34.9. The minimum atomic E-state index is -4.73. The molecular weight excluding hydrogens is 531 g/mol. The van der Waals surface area contributed by atoms with Crippen LogP contribution in [0, 0.1) is 34.5 Å². The molecule has 0 unspecified atom stereocenters. The fourth-order valence-electron chi connectivity index (χ4n) is 6.76. The third kappa shape index (κ3) is 4.79. The van der Waals surface area contributed by atoms with E-state index in [9.17, 15) is 37.6 Å². The summed E-state index contributed by atoms with van der Waals surface area (Å²) in [5.41, 5.74) is -2.05. The molecule has 3 aliphatic heterocycles. The van der Waals surface area contributed by atoms with Gasteiger partial charge in [0.2, 0.25) is 23.3 Å². The van der Waals surface area contributed by atoms with Gasteiger partial charge in [0, 0.05) is 24.6 Å². The first-order valence-corrected chi connectivity index (χ1v) is 13.9. The van der Waals surface area contributed by atoms with Crippen molar-refractivity contribution in [3.05, 3.63) is 11.8 Å². The second-order valence-corrected chi connectivity index (χ2v) is 12.2.